The molecule has 0 fully saturated rings. The molecule has 0 aliphatic carbocycles. The molecule has 0 aliphatic heterocycles. The van der Waals surface area contributed by atoms with Crippen molar-refractivity contribution in [3.8, 4) is 22.3 Å². The van der Waals surface area contributed by atoms with Crippen LogP contribution in [0.3, 0.4) is 0 Å². The predicted octanol–water partition coefficient (Wildman–Crippen LogP) is 9.01. The summed E-state index contributed by atoms with van der Waals surface area (Å²) in [6, 6.07) is 42.6. The zero-order valence-electron chi connectivity index (χ0n) is 18.5. The first kappa shape index (κ1) is 20.5. The summed E-state index contributed by atoms with van der Waals surface area (Å²) in [6.45, 7) is 8.19. The zero-order valence-corrected chi connectivity index (χ0v) is 18.5. The second-order valence-corrected chi connectivity index (χ2v) is 8.02. The van der Waals surface area contributed by atoms with E-state index in [4.69, 9.17) is 0 Å². The average molecular weight is 424 g/mol. The smallest absolute Gasteiger partial charge is 0.0461 e. The molecule has 0 unspecified atom stereocenters. The molecule has 0 saturated heterocycles. The summed E-state index contributed by atoms with van der Waals surface area (Å²) >= 11 is 0. The monoisotopic (exact) mass is 423 g/mol. The Bertz CT molecular complexity index is 1410. The van der Waals surface area contributed by atoms with E-state index in [0.717, 1.165) is 17.1 Å². The average Bonchev–Trinajstić information content (AvgIpc) is 2.90. The number of fused-ring (bicyclic) bond motifs is 1. The van der Waals surface area contributed by atoms with E-state index < -0.39 is 0 Å². The predicted molar refractivity (Wildman–Crippen MR) is 143 cm³/mol. The van der Waals surface area contributed by atoms with Crippen molar-refractivity contribution in [2.45, 2.75) is 0 Å². The summed E-state index contributed by atoms with van der Waals surface area (Å²) in [4.78, 5) is 2.13. The van der Waals surface area contributed by atoms with Gasteiger partial charge in [0.15, 0.2) is 0 Å². The van der Waals surface area contributed by atoms with Gasteiger partial charge in [-0.05, 0) is 63.4 Å². The topological polar surface area (TPSA) is 3.24 Å². The highest BCUT2D eigenvalue weighted by Crippen LogP contribution is 2.34. The molecule has 0 heterocycles. The lowest BCUT2D eigenvalue weighted by Crippen LogP contribution is -2.13. The number of rotatable bonds is 6. The van der Waals surface area contributed by atoms with Crippen LogP contribution in [0, 0.1) is 0 Å². The SMILES string of the molecule is C=CC(=C)N(c1ccc(-c2ccccc2)cc1)c1ccc(-c2cccc3ccccc23)cc1. The molecule has 0 radical (unpaired) electrons. The number of hydrogen-bond donors (Lipinski definition) is 0. The Morgan fingerprint density at radius 1 is 0.545 bits per heavy atom. The third-order valence-corrected chi connectivity index (χ3v) is 5.98. The molecular formula is C32H25N. The van der Waals surface area contributed by atoms with E-state index in [1.54, 1.807) is 6.08 Å². The van der Waals surface area contributed by atoms with E-state index in [2.05, 4.69) is 133 Å². The van der Waals surface area contributed by atoms with Crippen molar-refractivity contribution in [3.05, 3.63) is 146 Å². The summed E-state index contributed by atoms with van der Waals surface area (Å²) in [5, 5.41) is 2.51. The summed E-state index contributed by atoms with van der Waals surface area (Å²) in [7, 11) is 0. The second kappa shape index (κ2) is 9.02. The maximum Gasteiger partial charge on any atom is 0.0461 e. The maximum absolute atomic E-state index is 4.24. The van der Waals surface area contributed by atoms with E-state index >= 15 is 0 Å². The van der Waals surface area contributed by atoms with Crippen LogP contribution in [0.25, 0.3) is 33.0 Å². The van der Waals surface area contributed by atoms with Gasteiger partial charge in [-0.3, -0.25) is 0 Å². The van der Waals surface area contributed by atoms with Crippen LogP contribution in [0.4, 0.5) is 11.4 Å². The van der Waals surface area contributed by atoms with Crippen molar-refractivity contribution in [1.82, 2.24) is 0 Å². The van der Waals surface area contributed by atoms with Crippen LogP contribution in [0.5, 0.6) is 0 Å². The van der Waals surface area contributed by atoms with Crippen LogP contribution in [-0.4, -0.2) is 0 Å². The summed E-state index contributed by atoms with van der Waals surface area (Å²) in [5.41, 5.74) is 7.77. The molecule has 0 aromatic heterocycles. The maximum atomic E-state index is 4.24. The number of benzene rings is 5. The highest BCUT2D eigenvalue weighted by Gasteiger charge is 2.12. The van der Waals surface area contributed by atoms with Gasteiger partial charge >= 0.3 is 0 Å². The molecule has 0 saturated carbocycles. The van der Waals surface area contributed by atoms with Gasteiger partial charge in [0.2, 0.25) is 0 Å². The van der Waals surface area contributed by atoms with Crippen molar-refractivity contribution >= 4 is 22.1 Å². The molecule has 158 valence electrons. The first-order valence-corrected chi connectivity index (χ1v) is 11.1. The fourth-order valence-corrected chi connectivity index (χ4v) is 4.27. The molecular weight excluding hydrogens is 398 g/mol. The third kappa shape index (κ3) is 4.09. The van der Waals surface area contributed by atoms with Crippen molar-refractivity contribution in [1.29, 1.82) is 0 Å². The Balaban J connectivity index is 1.50. The number of anilines is 2. The van der Waals surface area contributed by atoms with Crippen LogP contribution in [-0.2, 0) is 0 Å². The van der Waals surface area contributed by atoms with Gasteiger partial charge < -0.3 is 4.90 Å². The Kier molecular flexibility index (Phi) is 5.61. The number of hydrogen-bond acceptors (Lipinski definition) is 1. The molecule has 5 aromatic carbocycles. The van der Waals surface area contributed by atoms with Gasteiger partial charge in [-0.1, -0.05) is 110 Å². The molecule has 0 amide bonds. The van der Waals surface area contributed by atoms with E-state index in [0.29, 0.717) is 0 Å². The highest BCUT2D eigenvalue weighted by atomic mass is 15.1. The summed E-state index contributed by atoms with van der Waals surface area (Å²) in [5.74, 6) is 0. The quantitative estimate of drug-likeness (QED) is 0.246. The lowest BCUT2D eigenvalue weighted by molar-refractivity contribution is 1.22. The van der Waals surface area contributed by atoms with Gasteiger partial charge in [0.05, 0.1) is 0 Å². The van der Waals surface area contributed by atoms with Crippen molar-refractivity contribution in [2.24, 2.45) is 0 Å². The minimum atomic E-state index is 0.834. The Morgan fingerprint density at radius 2 is 1.09 bits per heavy atom. The molecule has 0 aliphatic rings. The van der Waals surface area contributed by atoms with Gasteiger partial charge in [-0.2, -0.15) is 0 Å². The van der Waals surface area contributed by atoms with Gasteiger partial charge in [-0.15, -0.1) is 0 Å². The molecule has 0 atom stereocenters. The first-order valence-electron chi connectivity index (χ1n) is 11.1. The molecule has 5 aromatic rings. The summed E-state index contributed by atoms with van der Waals surface area (Å²) in [6.07, 6.45) is 1.80. The lowest BCUT2D eigenvalue weighted by Gasteiger charge is -2.26. The van der Waals surface area contributed by atoms with Gasteiger partial charge in [0.1, 0.15) is 0 Å². The van der Waals surface area contributed by atoms with Crippen molar-refractivity contribution in [2.75, 3.05) is 4.90 Å². The Labute approximate surface area is 195 Å². The van der Waals surface area contributed by atoms with Gasteiger partial charge in [0, 0.05) is 17.1 Å². The van der Waals surface area contributed by atoms with E-state index in [9.17, 15) is 0 Å². The fraction of sp³-hybridized carbons (Fsp3) is 0. The first-order chi connectivity index (χ1) is 16.2. The van der Waals surface area contributed by atoms with Gasteiger partial charge in [-0.25, -0.2) is 0 Å². The minimum absolute atomic E-state index is 0.834. The molecule has 0 spiro atoms. The normalized spacial score (nSPS) is 10.7. The molecule has 0 N–H and O–H groups in total. The lowest BCUT2D eigenvalue weighted by atomic mass is 9.98. The highest BCUT2D eigenvalue weighted by molar-refractivity contribution is 5.96. The van der Waals surface area contributed by atoms with Crippen LogP contribution in [0.1, 0.15) is 0 Å². The third-order valence-electron chi connectivity index (χ3n) is 5.98. The molecule has 1 nitrogen and oxygen atoms in total. The largest absolute Gasteiger partial charge is 0.311 e. The van der Waals surface area contributed by atoms with Crippen LogP contribution < -0.4 is 4.90 Å². The molecule has 1 heteroatoms. The van der Waals surface area contributed by atoms with E-state index in [1.807, 2.05) is 6.07 Å². The molecule has 0 bridgehead atoms. The van der Waals surface area contributed by atoms with Crippen molar-refractivity contribution in [3.63, 3.8) is 0 Å². The van der Waals surface area contributed by atoms with Crippen LogP contribution >= 0.6 is 0 Å². The second-order valence-electron chi connectivity index (χ2n) is 8.02. The standard InChI is InChI=1S/C32H25N/c1-3-24(2)33(29-20-16-26(17-21-29)25-10-5-4-6-11-25)30-22-18-28(19-23-30)32-15-9-13-27-12-7-8-14-31(27)32/h3-23H,1-2H2. The zero-order chi connectivity index (χ0) is 22.6. The van der Waals surface area contributed by atoms with E-state index in [1.165, 1.54) is 33.0 Å². The van der Waals surface area contributed by atoms with Crippen LogP contribution in [0.2, 0.25) is 0 Å². The molecule has 33 heavy (non-hydrogen) atoms. The Morgan fingerprint density at radius 3 is 1.76 bits per heavy atom. The number of nitrogens with zero attached hydrogens (tertiary/aromatic N) is 1. The fourth-order valence-electron chi connectivity index (χ4n) is 4.27. The molecule has 5 rings (SSSR count). The van der Waals surface area contributed by atoms with Crippen LogP contribution in [0.15, 0.2) is 146 Å². The van der Waals surface area contributed by atoms with Gasteiger partial charge in [0.25, 0.3) is 0 Å². The number of allylic oxidation sites excluding steroid dienone is 1. The summed E-state index contributed by atoms with van der Waals surface area (Å²) < 4.78 is 0. The Hall–Kier alpha value is -4.36. The minimum Gasteiger partial charge on any atom is -0.311 e. The van der Waals surface area contributed by atoms with Crippen molar-refractivity contribution < 1.29 is 0 Å². The van der Waals surface area contributed by atoms with E-state index in [-0.39, 0.29) is 0 Å².